The van der Waals surface area contributed by atoms with Crippen molar-refractivity contribution in [1.29, 1.82) is 0 Å². The molecule has 2 atom stereocenters. The maximum atomic E-state index is 12.3. The number of aliphatic hydroxyl groups excluding tert-OH is 1. The highest BCUT2D eigenvalue weighted by Crippen LogP contribution is 2.18. The molecule has 0 aliphatic carbocycles. The second kappa shape index (κ2) is 12.8. The highest BCUT2D eigenvalue weighted by atomic mass is 79.9. The van der Waals surface area contributed by atoms with E-state index in [2.05, 4.69) is 47.6 Å². The van der Waals surface area contributed by atoms with Gasteiger partial charge in [-0.05, 0) is 24.6 Å². The Hall–Kier alpha value is -1.49. The average Bonchev–Trinajstić information content (AvgIpc) is 2.67. The number of nitrogens with one attached hydrogen (secondary N) is 2. The van der Waals surface area contributed by atoms with Crippen LogP contribution >= 0.6 is 31.9 Å². The third-order valence-corrected chi connectivity index (χ3v) is 5.94. The molecule has 10 heteroatoms. The SMILES string of the molecule is CO/N=C(\C)c1ccc(NC(=O)C(Br)C(Br)C(=O)NCCOCCO)cc1. The van der Waals surface area contributed by atoms with Crippen molar-refractivity contribution in [3.8, 4) is 0 Å². The third kappa shape index (κ3) is 8.37. The second-order valence-electron chi connectivity index (χ2n) is 5.36. The van der Waals surface area contributed by atoms with Crippen LogP contribution in [0.1, 0.15) is 12.5 Å². The van der Waals surface area contributed by atoms with E-state index >= 15 is 0 Å². The van der Waals surface area contributed by atoms with Gasteiger partial charge < -0.3 is 25.3 Å². The van der Waals surface area contributed by atoms with Crippen LogP contribution in [0, 0.1) is 0 Å². The van der Waals surface area contributed by atoms with Gasteiger partial charge in [0, 0.05) is 12.2 Å². The molecule has 0 heterocycles. The zero-order chi connectivity index (χ0) is 20.2. The molecule has 0 aliphatic rings. The van der Waals surface area contributed by atoms with Gasteiger partial charge in [0.05, 0.1) is 25.5 Å². The first-order valence-electron chi connectivity index (χ1n) is 8.14. The van der Waals surface area contributed by atoms with Crippen LogP contribution in [-0.2, 0) is 19.2 Å². The number of anilines is 1. The van der Waals surface area contributed by atoms with Gasteiger partial charge in [-0.25, -0.2) is 0 Å². The van der Waals surface area contributed by atoms with E-state index in [0.29, 0.717) is 11.4 Å². The predicted molar refractivity (Wildman–Crippen MR) is 111 cm³/mol. The number of nitrogens with zero attached hydrogens (tertiary/aromatic N) is 1. The number of alkyl halides is 2. The van der Waals surface area contributed by atoms with E-state index in [4.69, 9.17) is 14.7 Å². The Bertz CT molecular complexity index is 640. The first-order valence-corrected chi connectivity index (χ1v) is 9.97. The molecule has 27 heavy (non-hydrogen) atoms. The number of carbonyl (C=O) groups is 2. The smallest absolute Gasteiger partial charge is 0.239 e. The van der Waals surface area contributed by atoms with Gasteiger partial charge in [-0.1, -0.05) is 49.1 Å². The lowest BCUT2D eigenvalue weighted by Crippen LogP contribution is -2.42. The van der Waals surface area contributed by atoms with Gasteiger partial charge in [-0.15, -0.1) is 0 Å². The summed E-state index contributed by atoms with van der Waals surface area (Å²) in [4.78, 5) is 27.6. The van der Waals surface area contributed by atoms with Crippen LogP contribution in [0.5, 0.6) is 0 Å². The Morgan fingerprint density at radius 3 is 2.37 bits per heavy atom. The van der Waals surface area contributed by atoms with Crippen LogP contribution in [0.25, 0.3) is 0 Å². The molecule has 1 aromatic rings. The molecule has 1 rings (SSSR count). The van der Waals surface area contributed by atoms with Crippen molar-refractivity contribution in [3.63, 3.8) is 0 Å². The van der Waals surface area contributed by atoms with Gasteiger partial charge in [0.25, 0.3) is 0 Å². The maximum absolute atomic E-state index is 12.3. The van der Waals surface area contributed by atoms with Gasteiger partial charge in [0.1, 0.15) is 16.8 Å². The minimum Gasteiger partial charge on any atom is -0.399 e. The molecule has 1 aromatic carbocycles. The van der Waals surface area contributed by atoms with Crippen molar-refractivity contribution in [3.05, 3.63) is 29.8 Å². The van der Waals surface area contributed by atoms with Crippen molar-refractivity contribution < 1.29 is 24.3 Å². The fraction of sp³-hybridized carbons (Fsp3) is 0.471. The molecule has 8 nitrogen and oxygen atoms in total. The number of hydrogen-bond acceptors (Lipinski definition) is 6. The number of benzene rings is 1. The van der Waals surface area contributed by atoms with Crippen molar-refractivity contribution >= 4 is 55.1 Å². The number of carbonyl (C=O) groups excluding carboxylic acids is 2. The fourth-order valence-corrected chi connectivity index (χ4v) is 2.73. The van der Waals surface area contributed by atoms with Crippen molar-refractivity contribution in [2.24, 2.45) is 5.16 Å². The van der Waals surface area contributed by atoms with Crippen LogP contribution in [-0.4, -0.2) is 65.8 Å². The molecule has 0 aliphatic heterocycles. The number of hydrogen-bond donors (Lipinski definition) is 3. The zero-order valence-electron chi connectivity index (χ0n) is 15.1. The zero-order valence-corrected chi connectivity index (χ0v) is 18.2. The highest BCUT2D eigenvalue weighted by Gasteiger charge is 2.29. The number of amides is 2. The molecule has 0 bridgehead atoms. The van der Waals surface area contributed by atoms with E-state index in [1.54, 1.807) is 24.3 Å². The quantitative estimate of drug-likeness (QED) is 0.182. The third-order valence-electron chi connectivity index (χ3n) is 3.34. The Morgan fingerprint density at radius 1 is 1.15 bits per heavy atom. The Kier molecular flexibility index (Phi) is 11.2. The largest absolute Gasteiger partial charge is 0.399 e. The average molecular weight is 509 g/mol. The summed E-state index contributed by atoms with van der Waals surface area (Å²) in [6.45, 7) is 2.52. The van der Waals surface area contributed by atoms with Crippen LogP contribution in [0.3, 0.4) is 0 Å². The predicted octanol–water partition coefficient (Wildman–Crippen LogP) is 1.65. The van der Waals surface area contributed by atoms with Crippen LogP contribution in [0.4, 0.5) is 5.69 Å². The van der Waals surface area contributed by atoms with Gasteiger partial charge >= 0.3 is 0 Å². The molecule has 0 radical (unpaired) electrons. The van der Waals surface area contributed by atoms with E-state index in [9.17, 15) is 9.59 Å². The van der Waals surface area contributed by atoms with E-state index in [0.717, 1.165) is 5.56 Å². The molecule has 0 aromatic heterocycles. The molecule has 0 spiro atoms. The number of rotatable bonds is 11. The Morgan fingerprint density at radius 2 is 1.78 bits per heavy atom. The monoisotopic (exact) mass is 507 g/mol. The summed E-state index contributed by atoms with van der Waals surface area (Å²) in [5.74, 6) is -0.708. The minimum atomic E-state index is -0.771. The van der Waals surface area contributed by atoms with Crippen LogP contribution in [0.2, 0.25) is 0 Å². The number of ether oxygens (including phenoxy) is 1. The maximum Gasteiger partial charge on any atom is 0.239 e. The van der Waals surface area contributed by atoms with Crippen LogP contribution < -0.4 is 10.6 Å². The second-order valence-corrected chi connectivity index (χ2v) is 7.33. The van der Waals surface area contributed by atoms with Gasteiger partial charge in [-0.3, -0.25) is 9.59 Å². The molecule has 150 valence electrons. The van der Waals surface area contributed by atoms with E-state index in [1.807, 2.05) is 6.92 Å². The molecule has 0 saturated carbocycles. The Labute approximate surface area is 174 Å². The summed E-state index contributed by atoms with van der Waals surface area (Å²) < 4.78 is 5.05. The number of oxime groups is 1. The minimum absolute atomic E-state index is 0.0710. The van der Waals surface area contributed by atoms with E-state index in [1.165, 1.54) is 7.11 Å². The Balaban J connectivity index is 2.53. The van der Waals surface area contributed by atoms with Crippen molar-refractivity contribution in [2.45, 2.75) is 16.6 Å². The lowest BCUT2D eigenvalue weighted by Gasteiger charge is -2.16. The molecule has 2 unspecified atom stereocenters. The molecular formula is C17H23Br2N3O5. The van der Waals surface area contributed by atoms with Gasteiger partial charge in [0.2, 0.25) is 11.8 Å². The first-order chi connectivity index (χ1) is 12.9. The van der Waals surface area contributed by atoms with Gasteiger partial charge in [0.15, 0.2) is 0 Å². The molecular weight excluding hydrogens is 486 g/mol. The summed E-state index contributed by atoms with van der Waals surface area (Å²) in [5.41, 5.74) is 2.18. The topological polar surface area (TPSA) is 109 Å². The van der Waals surface area contributed by atoms with E-state index in [-0.39, 0.29) is 38.2 Å². The molecule has 0 saturated heterocycles. The van der Waals surface area contributed by atoms with Crippen molar-refractivity contribution in [1.82, 2.24) is 5.32 Å². The van der Waals surface area contributed by atoms with E-state index < -0.39 is 9.65 Å². The lowest BCUT2D eigenvalue weighted by atomic mass is 10.1. The standard InChI is InChI=1S/C17H23Br2N3O5/c1-11(22-26-2)12-3-5-13(6-4-12)21-17(25)15(19)14(18)16(24)20-7-9-27-10-8-23/h3-6,14-15,23H,7-10H2,1-2H3,(H,20,24)(H,21,25)/b22-11+. The first kappa shape index (κ1) is 23.5. The van der Waals surface area contributed by atoms with Crippen molar-refractivity contribution in [2.75, 3.05) is 38.8 Å². The summed E-state index contributed by atoms with van der Waals surface area (Å²) in [7, 11) is 1.48. The molecule has 3 N–H and O–H groups in total. The summed E-state index contributed by atoms with van der Waals surface area (Å²) >= 11 is 6.46. The lowest BCUT2D eigenvalue weighted by molar-refractivity contribution is -0.123. The molecule has 0 fully saturated rings. The molecule has 2 amide bonds. The number of aliphatic hydroxyl groups is 1. The summed E-state index contributed by atoms with van der Waals surface area (Å²) in [6, 6.07) is 7.09. The normalized spacial score (nSPS) is 13.6. The summed E-state index contributed by atoms with van der Waals surface area (Å²) in [6.07, 6.45) is 0. The number of halogens is 2. The van der Waals surface area contributed by atoms with Crippen LogP contribution in [0.15, 0.2) is 29.4 Å². The van der Waals surface area contributed by atoms with Gasteiger partial charge in [-0.2, -0.15) is 0 Å². The highest BCUT2D eigenvalue weighted by molar-refractivity contribution is 9.12. The summed E-state index contributed by atoms with van der Waals surface area (Å²) in [5, 5.41) is 17.8. The fourth-order valence-electron chi connectivity index (χ4n) is 1.97.